The van der Waals surface area contributed by atoms with E-state index < -0.39 is 0 Å². The van der Waals surface area contributed by atoms with E-state index in [1.54, 1.807) is 0 Å². The standard InChI is InChI=1S/C18H26ClN5O2/c1-5-20-18(24(4)12-14-8-7-9-15(19)10-14)21-11-16-22-17(23-26-16)13(3)25-6-2/h7-10,13H,5-6,11-12H2,1-4H3,(H,20,21). The zero-order chi connectivity index (χ0) is 18.9. The molecule has 0 aliphatic heterocycles. The van der Waals surface area contributed by atoms with Gasteiger partial charge in [0.25, 0.3) is 0 Å². The van der Waals surface area contributed by atoms with Crippen molar-refractivity contribution in [1.29, 1.82) is 0 Å². The van der Waals surface area contributed by atoms with E-state index in [0.29, 0.717) is 31.4 Å². The number of nitrogens with one attached hydrogen (secondary N) is 1. The lowest BCUT2D eigenvalue weighted by atomic mass is 10.2. The Hall–Kier alpha value is -2.12. The molecule has 1 heterocycles. The second-order valence-electron chi connectivity index (χ2n) is 5.80. The summed E-state index contributed by atoms with van der Waals surface area (Å²) in [6, 6.07) is 7.78. The molecule has 8 heteroatoms. The number of ether oxygens (including phenoxy) is 1. The van der Waals surface area contributed by atoms with Gasteiger partial charge in [0, 0.05) is 31.8 Å². The van der Waals surface area contributed by atoms with Crippen molar-refractivity contribution in [2.75, 3.05) is 20.2 Å². The molecule has 1 aromatic heterocycles. The van der Waals surface area contributed by atoms with Gasteiger partial charge in [-0.2, -0.15) is 4.98 Å². The van der Waals surface area contributed by atoms with Crippen LogP contribution in [0.3, 0.4) is 0 Å². The average Bonchev–Trinajstić information content (AvgIpc) is 3.08. The van der Waals surface area contributed by atoms with Crippen molar-refractivity contribution in [2.24, 2.45) is 4.99 Å². The summed E-state index contributed by atoms with van der Waals surface area (Å²) < 4.78 is 10.7. The van der Waals surface area contributed by atoms with Gasteiger partial charge >= 0.3 is 0 Å². The number of nitrogens with zero attached hydrogens (tertiary/aromatic N) is 4. The number of hydrogen-bond acceptors (Lipinski definition) is 5. The first-order valence-electron chi connectivity index (χ1n) is 8.71. The van der Waals surface area contributed by atoms with Crippen molar-refractivity contribution in [1.82, 2.24) is 20.4 Å². The van der Waals surface area contributed by atoms with Gasteiger partial charge in [-0.15, -0.1) is 0 Å². The molecule has 2 aromatic rings. The first-order valence-corrected chi connectivity index (χ1v) is 9.09. The molecule has 1 atom stereocenters. The topological polar surface area (TPSA) is 75.8 Å². The first kappa shape index (κ1) is 20.2. The van der Waals surface area contributed by atoms with Crippen molar-refractivity contribution < 1.29 is 9.26 Å². The number of guanidine groups is 1. The van der Waals surface area contributed by atoms with Crippen molar-refractivity contribution in [3.8, 4) is 0 Å². The summed E-state index contributed by atoms with van der Waals surface area (Å²) in [4.78, 5) is 10.9. The van der Waals surface area contributed by atoms with Gasteiger partial charge in [0.1, 0.15) is 12.6 Å². The van der Waals surface area contributed by atoms with Crippen molar-refractivity contribution >= 4 is 17.6 Å². The molecule has 1 N–H and O–H groups in total. The van der Waals surface area contributed by atoms with Gasteiger partial charge in [0.05, 0.1) is 0 Å². The van der Waals surface area contributed by atoms with E-state index in [1.165, 1.54) is 0 Å². The number of aromatic nitrogens is 2. The maximum Gasteiger partial charge on any atom is 0.248 e. The molecule has 1 unspecified atom stereocenters. The third kappa shape index (κ3) is 6.00. The minimum Gasteiger partial charge on any atom is -0.371 e. The summed E-state index contributed by atoms with van der Waals surface area (Å²) in [5.74, 6) is 1.75. The molecule has 0 amide bonds. The van der Waals surface area contributed by atoms with Crippen LogP contribution in [0.15, 0.2) is 33.8 Å². The molecule has 0 saturated carbocycles. The fraction of sp³-hybridized carbons (Fsp3) is 0.500. The summed E-state index contributed by atoms with van der Waals surface area (Å²) in [5.41, 5.74) is 1.11. The Balaban J connectivity index is 2.03. The van der Waals surface area contributed by atoms with Crippen LogP contribution in [0.25, 0.3) is 0 Å². The minimum absolute atomic E-state index is 0.194. The zero-order valence-corrected chi connectivity index (χ0v) is 16.5. The normalized spacial score (nSPS) is 12.9. The molecule has 0 spiro atoms. The predicted molar refractivity (Wildman–Crippen MR) is 102 cm³/mol. The van der Waals surface area contributed by atoms with Crippen LogP contribution in [0.1, 0.15) is 44.2 Å². The predicted octanol–water partition coefficient (Wildman–Crippen LogP) is 3.42. The Labute approximate surface area is 159 Å². The molecule has 0 bridgehead atoms. The number of aliphatic imine (C=N–C) groups is 1. The highest BCUT2D eigenvalue weighted by Crippen LogP contribution is 2.14. The molecule has 142 valence electrons. The summed E-state index contributed by atoms with van der Waals surface area (Å²) >= 11 is 6.06. The molecule has 0 radical (unpaired) electrons. The van der Waals surface area contributed by atoms with Crippen LogP contribution < -0.4 is 5.32 Å². The van der Waals surface area contributed by atoms with Gasteiger partial charge in [-0.05, 0) is 38.5 Å². The lowest BCUT2D eigenvalue weighted by Gasteiger charge is -2.22. The van der Waals surface area contributed by atoms with Crippen LogP contribution >= 0.6 is 11.6 Å². The lowest BCUT2D eigenvalue weighted by molar-refractivity contribution is 0.0683. The third-order valence-electron chi connectivity index (χ3n) is 3.63. The smallest absolute Gasteiger partial charge is 0.248 e. The summed E-state index contributed by atoms with van der Waals surface area (Å²) in [6.07, 6.45) is -0.194. The average molecular weight is 380 g/mol. The summed E-state index contributed by atoms with van der Waals surface area (Å²) in [5, 5.41) is 7.94. The van der Waals surface area contributed by atoms with E-state index in [4.69, 9.17) is 20.9 Å². The number of hydrogen-bond donors (Lipinski definition) is 1. The Morgan fingerprint density at radius 2 is 2.23 bits per heavy atom. The second-order valence-corrected chi connectivity index (χ2v) is 6.24. The van der Waals surface area contributed by atoms with Crippen molar-refractivity contribution in [3.63, 3.8) is 0 Å². The molecule has 0 aliphatic carbocycles. The Morgan fingerprint density at radius 1 is 1.42 bits per heavy atom. The second kappa shape index (κ2) is 10.1. The largest absolute Gasteiger partial charge is 0.371 e. The highest BCUT2D eigenvalue weighted by molar-refractivity contribution is 6.30. The van der Waals surface area contributed by atoms with Crippen LogP contribution in [0.4, 0.5) is 0 Å². The van der Waals surface area contributed by atoms with Gasteiger partial charge in [0.15, 0.2) is 11.8 Å². The fourth-order valence-corrected chi connectivity index (χ4v) is 2.63. The van der Waals surface area contributed by atoms with Crippen molar-refractivity contribution in [2.45, 2.75) is 40.0 Å². The highest BCUT2D eigenvalue weighted by atomic mass is 35.5. The molecule has 0 saturated heterocycles. The fourth-order valence-electron chi connectivity index (χ4n) is 2.42. The third-order valence-corrected chi connectivity index (χ3v) is 3.87. The maximum absolute atomic E-state index is 6.06. The summed E-state index contributed by atoms with van der Waals surface area (Å²) in [6.45, 7) is 8.19. The molecule has 0 aliphatic rings. The van der Waals surface area contributed by atoms with Gasteiger partial charge in [-0.3, -0.25) is 0 Å². The molecular weight excluding hydrogens is 354 g/mol. The molecule has 2 rings (SSSR count). The Kier molecular flexibility index (Phi) is 7.87. The highest BCUT2D eigenvalue weighted by Gasteiger charge is 2.14. The van der Waals surface area contributed by atoms with Crippen LogP contribution in [0, 0.1) is 0 Å². The molecule has 1 aromatic carbocycles. The van der Waals surface area contributed by atoms with Crippen LogP contribution in [-0.4, -0.2) is 41.2 Å². The lowest BCUT2D eigenvalue weighted by Crippen LogP contribution is -2.38. The van der Waals surface area contributed by atoms with Gasteiger partial charge in [-0.25, -0.2) is 4.99 Å². The number of benzene rings is 1. The van der Waals surface area contributed by atoms with E-state index >= 15 is 0 Å². The monoisotopic (exact) mass is 379 g/mol. The minimum atomic E-state index is -0.194. The molecule has 26 heavy (non-hydrogen) atoms. The number of halogens is 1. The van der Waals surface area contributed by atoms with E-state index in [1.807, 2.05) is 57.0 Å². The molecule has 0 fully saturated rings. The number of rotatable bonds is 8. The Bertz CT molecular complexity index is 719. The summed E-state index contributed by atoms with van der Waals surface area (Å²) in [7, 11) is 1.97. The van der Waals surface area contributed by atoms with Gasteiger partial charge < -0.3 is 19.5 Å². The van der Waals surface area contributed by atoms with Gasteiger partial charge in [-0.1, -0.05) is 28.9 Å². The zero-order valence-electron chi connectivity index (χ0n) is 15.7. The first-order chi connectivity index (χ1) is 12.5. The van der Waals surface area contributed by atoms with E-state index in [9.17, 15) is 0 Å². The SMILES string of the molecule is CCNC(=NCc1nc(C(C)OCC)no1)N(C)Cc1cccc(Cl)c1. The molecular formula is C18H26ClN5O2. The quantitative estimate of drug-likeness (QED) is 0.559. The van der Waals surface area contributed by atoms with E-state index in [2.05, 4.69) is 20.4 Å². The van der Waals surface area contributed by atoms with E-state index in [0.717, 1.165) is 23.1 Å². The Morgan fingerprint density at radius 3 is 2.92 bits per heavy atom. The van der Waals surface area contributed by atoms with E-state index in [-0.39, 0.29) is 6.10 Å². The maximum atomic E-state index is 6.06. The van der Waals surface area contributed by atoms with Crippen LogP contribution in [0.5, 0.6) is 0 Å². The van der Waals surface area contributed by atoms with Gasteiger partial charge in [0.2, 0.25) is 5.89 Å². The van der Waals surface area contributed by atoms with Crippen molar-refractivity contribution in [3.05, 3.63) is 46.6 Å². The molecule has 7 nitrogen and oxygen atoms in total. The van der Waals surface area contributed by atoms with Crippen LogP contribution in [-0.2, 0) is 17.8 Å². The van der Waals surface area contributed by atoms with Crippen LogP contribution in [0.2, 0.25) is 5.02 Å².